The van der Waals surface area contributed by atoms with Gasteiger partial charge in [-0.05, 0) is 47.7 Å². The maximum Gasteiger partial charge on any atom is 0.337 e. The minimum atomic E-state index is -3.85. The minimum absolute atomic E-state index is 0.266. The summed E-state index contributed by atoms with van der Waals surface area (Å²) in [6.45, 7) is 5.86. The Morgan fingerprint density at radius 3 is 2.48 bits per heavy atom. The van der Waals surface area contributed by atoms with Crippen molar-refractivity contribution < 1.29 is 22.1 Å². The largest absolute Gasteiger partial charge is 0.465 e. The van der Waals surface area contributed by atoms with E-state index in [1.807, 2.05) is 26.0 Å². The molecular formula is C19H22O5S. The first-order valence-corrected chi connectivity index (χ1v) is 9.49. The molecule has 0 aliphatic heterocycles. The van der Waals surface area contributed by atoms with Crippen LogP contribution < -0.4 is 4.18 Å². The molecule has 2 aromatic carbocycles. The Bertz CT molecular complexity index is 869. The van der Waals surface area contributed by atoms with E-state index >= 15 is 0 Å². The molecule has 0 atom stereocenters. The van der Waals surface area contributed by atoms with E-state index in [-0.39, 0.29) is 11.7 Å². The van der Waals surface area contributed by atoms with Crippen molar-refractivity contribution in [1.82, 2.24) is 0 Å². The molecule has 0 aromatic heterocycles. The van der Waals surface area contributed by atoms with E-state index in [4.69, 9.17) is 4.18 Å². The van der Waals surface area contributed by atoms with Crippen LogP contribution in [0.2, 0.25) is 0 Å². The highest BCUT2D eigenvalue weighted by molar-refractivity contribution is 7.86. The van der Waals surface area contributed by atoms with Crippen LogP contribution in [0.3, 0.4) is 0 Å². The van der Waals surface area contributed by atoms with E-state index < -0.39 is 16.1 Å². The maximum absolute atomic E-state index is 12.4. The lowest BCUT2D eigenvalue weighted by Crippen LogP contribution is -2.13. The Morgan fingerprint density at radius 1 is 1.12 bits per heavy atom. The molecule has 2 aromatic rings. The average Bonchev–Trinajstić information content (AvgIpc) is 2.55. The van der Waals surface area contributed by atoms with Crippen LogP contribution in [0.4, 0.5) is 0 Å². The molecule has 5 nitrogen and oxygen atoms in total. The van der Waals surface area contributed by atoms with Gasteiger partial charge in [-0.3, -0.25) is 0 Å². The molecule has 0 amide bonds. The van der Waals surface area contributed by atoms with E-state index in [9.17, 15) is 13.2 Å². The lowest BCUT2D eigenvalue weighted by molar-refractivity contribution is 0.0600. The standard InChI is InChI=1S/C19H22O5S/c1-13(2)16-9-8-14(3)18(11-16)24-25(21,22)12-15-6-5-7-17(10-15)19(20)23-4/h5-11,13H,12H2,1-4H3. The third kappa shape index (κ3) is 5.06. The Morgan fingerprint density at radius 2 is 1.84 bits per heavy atom. The van der Waals surface area contributed by atoms with Gasteiger partial charge < -0.3 is 8.92 Å². The second-order valence-corrected chi connectivity index (χ2v) is 7.73. The molecule has 0 aliphatic carbocycles. The van der Waals surface area contributed by atoms with Gasteiger partial charge >= 0.3 is 16.1 Å². The van der Waals surface area contributed by atoms with Crippen molar-refractivity contribution >= 4 is 16.1 Å². The fraction of sp³-hybridized carbons (Fsp3) is 0.316. The van der Waals surface area contributed by atoms with Crippen LogP contribution in [-0.2, 0) is 20.6 Å². The zero-order valence-corrected chi connectivity index (χ0v) is 15.6. The van der Waals surface area contributed by atoms with Gasteiger partial charge in [0.1, 0.15) is 11.5 Å². The van der Waals surface area contributed by atoms with Gasteiger partial charge in [0.05, 0.1) is 12.7 Å². The number of carbonyl (C=O) groups is 1. The molecule has 25 heavy (non-hydrogen) atoms. The number of methoxy groups -OCH3 is 1. The summed E-state index contributed by atoms with van der Waals surface area (Å²) < 4.78 is 34.8. The highest BCUT2D eigenvalue weighted by atomic mass is 32.2. The third-order valence-corrected chi connectivity index (χ3v) is 4.91. The smallest absolute Gasteiger partial charge is 0.337 e. The van der Waals surface area contributed by atoms with Gasteiger partial charge in [0, 0.05) is 0 Å². The number of hydrogen-bond donors (Lipinski definition) is 0. The van der Waals surface area contributed by atoms with Crippen molar-refractivity contribution in [2.24, 2.45) is 0 Å². The van der Waals surface area contributed by atoms with Gasteiger partial charge in [0.25, 0.3) is 0 Å². The van der Waals surface area contributed by atoms with Gasteiger partial charge in [0.2, 0.25) is 0 Å². The molecule has 0 N–H and O–H groups in total. The summed E-state index contributed by atoms with van der Waals surface area (Å²) in [6.07, 6.45) is 0. The summed E-state index contributed by atoms with van der Waals surface area (Å²) in [4.78, 5) is 11.6. The normalized spacial score (nSPS) is 11.4. The quantitative estimate of drug-likeness (QED) is 0.577. The predicted octanol–water partition coefficient (Wildman–Crippen LogP) is 3.81. The molecule has 0 spiro atoms. The fourth-order valence-electron chi connectivity index (χ4n) is 2.34. The minimum Gasteiger partial charge on any atom is -0.465 e. The van der Waals surface area contributed by atoms with Crippen molar-refractivity contribution in [3.63, 3.8) is 0 Å². The van der Waals surface area contributed by atoms with Crippen molar-refractivity contribution in [2.75, 3.05) is 7.11 Å². The number of benzene rings is 2. The predicted molar refractivity (Wildman–Crippen MR) is 96.3 cm³/mol. The van der Waals surface area contributed by atoms with Gasteiger partial charge in [-0.1, -0.05) is 38.1 Å². The lowest BCUT2D eigenvalue weighted by atomic mass is 10.0. The second-order valence-electron chi connectivity index (χ2n) is 6.16. The molecule has 0 unspecified atom stereocenters. The Balaban J connectivity index is 2.23. The van der Waals surface area contributed by atoms with E-state index in [0.717, 1.165) is 11.1 Å². The average molecular weight is 362 g/mol. The molecule has 0 saturated carbocycles. The number of ether oxygens (including phenoxy) is 1. The molecular weight excluding hydrogens is 340 g/mol. The van der Waals surface area contributed by atoms with Gasteiger partial charge in [-0.25, -0.2) is 4.79 Å². The van der Waals surface area contributed by atoms with E-state index in [1.54, 1.807) is 31.2 Å². The summed E-state index contributed by atoms with van der Waals surface area (Å²) in [5.41, 5.74) is 2.51. The van der Waals surface area contributed by atoms with Crippen LogP contribution in [0.1, 0.15) is 46.8 Å². The molecule has 0 aliphatic rings. The number of carbonyl (C=O) groups excluding carboxylic acids is 1. The summed E-state index contributed by atoms with van der Waals surface area (Å²) in [5, 5.41) is 0. The van der Waals surface area contributed by atoms with Crippen molar-refractivity contribution in [1.29, 1.82) is 0 Å². The number of rotatable bonds is 6. The Hall–Kier alpha value is -2.34. The highest BCUT2D eigenvalue weighted by Crippen LogP contribution is 2.26. The summed E-state index contributed by atoms with van der Waals surface area (Å²) in [5.74, 6) is -0.248. The number of hydrogen-bond acceptors (Lipinski definition) is 5. The van der Waals surface area contributed by atoms with Crippen molar-refractivity contribution in [3.05, 3.63) is 64.7 Å². The first-order valence-electron chi connectivity index (χ1n) is 7.92. The van der Waals surface area contributed by atoms with Crippen LogP contribution in [0, 0.1) is 6.92 Å². The Kier molecular flexibility index (Phi) is 5.85. The molecule has 0 fully saturated rings. The fourth-order valence-corrected chi connectivity index (χ4v) is 3.44. The first-order chi connectivity index (χ1) is 11.7. The van der Waals surface area contributed by atoms with Crippen molar-refractivity contribution in [2.45, 2.75) is 32.4 Å². The second kappa shape index (κ2) is 7.70. The summed E-state index contributed by atoms with van der Waals surface area (Å²) in [7, 11) is -2.58. The van der Waals surface area contributed by atoms with Crippen LogP contribution in [0.15, 0.2) is 42.5 Å². The molecule has 0 heterocycles. The maximum atomic E-state index is 12.4. The SMILES string of the molecule is COC(=O)c1cccc(CS(=O)(=O)Oc2cc(C(C)C)ccc2C)c1. The van der Waals surface area contributed by atoms with E-state index in [0.29, 0.717) is 16.9 Å². The molecule has 0 radical (unpaired) electrons. The zero-order valence-electron chi connectivity index (χ0n) is 14.8. The third-order valence-electron chi connectivity index (χ3n) is 3.79. The van der Waals surface area contributed by atoms with Gasteiger partial charge in [0.15, 0.2) is 0 Å². The summed E-state index contributed by atoms with van der Waals surface area (Å²) in [6, 6.07) is 11.9. The zero-order chi connectivity index (χ0) is 18.6. The topological polar surface area (TPSA) is 69.7 Å². The lowest BCUT2D eigenvalue weighted by Gasteiger charge is -2.13. The summed E-state index contributed by atoms with van der Waals surface area (Å²) >= 11 is 0. The Labute approximate surface area is 148 Å². The molecule has 0 saturated heterocycles. The van der Waals surface area contributed by atoms with Crippen LogP contribution in [0.5, 0.6) is 5.75 Å². The highest BCUT2D eigenvalue weighted by Gasteiger charge is 2.17. The number of aryl methyl sites for hydroxylation is 1. The molecule has 2 rings (SSSR count). The van der Waals surface area contributed by atoms with Gasteiger partial charge in [-0.15, -0.1) is 0 Å². The van der Waals surface area contributed by atoms with E-state index in [1.165, 1.54) is 13.2 Å². The van der Waals surface area contributed by atoms with Crippen LogP contribution in [-0.4, -0.2) is 21.5 Å². The molecule has 6 heteroatoms. The number of esters is 1. The molecule has 0 bridgehead atoms. The monoisotopic (exact) mass is 362 g/mol. The molecule has 134 valence electrons. The van der Waals surface area contributed by atoms with E-state index in [2.05, 4.69) is 4.74 Å². The van der Waals surface area contributed by atoms with Gasteiger partial charge in [-0.2, -0.15) is 8.42 Å². The van der Waals surface area contributed by atoms with Crippen LogP contribution >= 0.6 is 0 Å². The van der Waals surface area contributed by atoms with Crippen molar-refractivity contribution in [3.8, 4) is 5.75 Å². The van der Waals surface area contributed by atoms with Crippen LogP contribution in [0.25, 0.3) is 0 Å². The first kappa shape index (κ1) is 19.0.